The van der Waals surface area contributed by atoms with Crippen molar-refractivity contribution in [1.82, 2.24) is 9.97 Å². The van der Waals surface area contributed by atoms with Gasteiger partial charge in [-0.15, -0.1) is 0 Å². The number of benzene rings is 3. The van der Waals surface area contributed by atoms with Crippen molar-refractivity contribution in [1.29, 1.82) is 0 Å². The Hall–Kier alpha value is -4.34. The summed E-state index contributed by atoms with van der Waals surface area (Å²) < 4.78 is 42.3. The van der Waals surface area contributed by atoms with Crippen LogP contribution in [-0.2, 0) is 18.0 Å². The summed E-state index contributed by atoms with van der Waals surface area (Å²) in [5, 5.41) is 12.6. The Morgan fingerprint density at radius 3 is 1.83 bits per heavy atom. The Bertz CT molecular complexity index is 1530. The molecule has 1 saturated carbocycles. The van der Waals surface area contributed by atoms with E-state index in [4.69, 9.17) is 30.4 Å². The molecule has 0 saturated heterocycles. The minimum atomic E-state index is -0.318. The van der Waals surface area contributed by atoms with Crippen molar-refractivity contribution in [2.24, 2.45) is 11.1 Å². The molecule has 0 bridgehead atoms. The summed E-state index contributed by atoms with van der Waals surface area (Å²) in [6.45, 7) is 2.31. The van der Waals surface area contributed by atoms with Crippen LogP contribution in [0.3, 0.4) is 0 Å². The first-order valence-corrected chi connectivity index (χ1v) is 13.7. The maximum absolute atomic E-state index is 13.0. The number of oxazole rings is 2. The molecule has 5 aromatic rings. The summed E-state index contributed by atoms with van der Waals surface area (Å²) in [7, 11) is 0. The van der Waals surface area contributed by atoms with Gasteiger partial charge in [0, 0.05) is 16.1 Å². The normalized spacial score (nSPS) is 16.1. The van der Waals surface area contributed by atoms with E-state index in [1.54, 1.807) is 24.3 Å². The number of oxime groups is 1. The molecule has 3 aromatic carbocycles. The second-order valence-corrected chi connectivity index (χ2v) is 10.4. The van der Waals surface area contributed by atoms with Crippen molar-refractivity contribution >= 4 is 17.3 Å². The molecule has 10 heteroatoms. The molecule has 6 rings (SSSR count). The fourth-order valence-corrected chi connectivity index (χ4v) is 4.59. The highest BCUT2D eigenvalue weighted by Crippen LogP contribution is 2.49. The molecule has 1 fully saturated rings. The summed E-state index contributed by atoms with van der Waals surface area (Å²) >= 11 is 5.83. The van der Waals surface area contributed by atoms with Crippen LogP contribution in [0.2, 0.25) is 5.02 Å². The number of nitrogens with zero attached hydrogens (tertiary/aromatic N) is 3. The highest BCUT2D eigenvalue weighted by Gasteiger charge is 2.38. The Morgan fingerprint density at radius 1 is 0.857 bits per heavy atom. The number of rotatable bonds is 9. The third kappa shape index (κ3) is 7.90. The molecule has 1 aliphatic carbocycles. The zero-order valence-corrected chi connectivity index (χ0v) is 23.5. The molecule has 2 unspecified atom stereocenters. The zero-order valence-electron chi connectivity index (χ0n) is 22.7. The monoisotopic (exact) mass is 591 g/mol. The number of halogens is 3. The van der Waals surface area contributed by atoms with Crippen molar-refractivity contribution in [3.63, 3.8) is 0 Å². The van der Waals surface area contributed by atoms with Crippen molar-refractivity contribution < 1.29 is 27.6 Å². The van der Waals surface area contributed by atoms with Gasteiger partial charge in [0.25, 0.3) is 0 Å². The second kappa shape index (κ2) is 13.5. The molecule has 0 amide bonds. The zero-order chi connectivity index (χ0) is 29.5. The first kappa shape index (κ1) is 29.2. The Kier molecular flexibility index (Phi) is 9.41. The summed E-state index contributed by atoms with van der Waals surface area (Å²) in [5.74, 6) is 1.42. The molecular weight excluding hydrogens is 564 g/mol. The van der Waals surface area contributed by atoms with Crippen molar-refractivity contribution in [3.8, 4) is 22.9 Å². The van der Waals surface area contributed by atoms with E-state index in [0.717, 1.165) is 17.2 Å². The molecule has 1 N–H and O–H groups in total. The third-order valence-electron chi connectivity index (χ3n) is 6.73. The van der Waals surface area contributed by atoms with Gasteiger partial charge in [-0.2, -0.15) is 0 Å². The number of hydrogen-bond acceptors (Lipinski definition) is 7. The van der Waals surface area contributed by atoms with Crippen LogP contribution < -0.4 is 0 Å². The van der Waals surface area contributed by atoms with Crippen LogP contribution in [-0.4, -0.2) is 20.9 Å². The predicted molar refractivity (Wildman–Crippen MR) is 154 cm³/mol. The van der Waals surface area contributed by atoms with Crippen LogP contribution in [0, 0.1) is 17.6 Å². The second-order valence-electron chi connectivity index (χ2n) is 9.99. The third-order valence-corrected chi connectivity index (χ3v) is 6.99. The van der Waals surface area contributed by atoms with E-state index < -0.39 is 0 Å². The Labute approximate surface area is 246 Å². The summed E-state index contributed by atoms with van der Waals surface area (Å²) in [4.78, 5) is 8.62. The van der Waals surface area contributed by atoms with Gasteiger partial charge in [-0.25, -0.2) is 18.7 Å². The highest BCUT2D eigenvalue weighted by atomic mass is 35.5. The van der Waals surface area contributed by atoms with Crippen LogP contribution in [0.25, 0.3) is 22.9 Å². The minimum absolute atomic E-state index is 0.226. The standard InChI is InChI=1S/C20H14F2N2O3.C12H14ClNO/c21-15-5-1-13(2-6-15)19-23-17(11-26-19)9-25-10-18-12-27-20(24-18)14-3-7-16(22)8-4-14;1-8(14-15)6-10-7-12(10)9-2-4-11(13)5-3-9/h1-8,11-12H,9-10H2;2-5,10,12,15H,6-7H2,1H3. The van der Waals surface area contributed by atoms with Gasteiger partial charge >= 0.3 is 0 Å². The fraction of sp³-hybridized carbons (Fsp3) is 0.219. The molecule has 2 aromatic heterocycles. The van der Waals surface area contributed by atoms with E-state index in [-0.39, 0.29) is 24.8 Å². The lowest BCUT2D eigenvalue weighted by molar-refractivity contribution is 0.102. The Morgan fingerprint density at radius 2 is 1.36 bits per heavy atom. The van der Waals surface area contributed by atoms with Gasteiger partial charge in [0.2, 0.25) is 11.8 Å². The lowest BCUT2D eigenvalue weighted by Gasteiger charge is -2.00. The molecule has 2 atom stereocenters. The highest BCUT2D eigenvalue weighted by molar-refractivity contribution is 6.30. The van der Waals surface area contributed by atoms with Crippen molar-refractivity contribution in [2.45, 2.75) is 38.9 Å². The van der Waals surface area contributed by atoms with E-state index in [1.165, 1.54) is 48.8 Å². The van der Waals surface area contributed by atoms with Crippen LogP contribution >= 0.6 is 11.6 Å². The van der Waals surface area contributed by atoms with E-state index in [1.807, 2.05) is 19.1 Å². The van der Waals surface area contributed by atoms with Gasteiger partial charge < -0.3 is 18.8 Å². The molecule has 216 valence electrons. The van der Waals surface area contributed by atoms with Gasteiger partial charge in [-0.1, -0.05) is 28.9 Å². The van der Waals surface area contributed by atoms with E-state index in [9.17, 15) is 8.78 Å². The van der Waals surface area contributed by atoms with Crippen LogP contribution in [0.5, 0.6) is 0 Å². The molecule has 2 heterocycles. The Balaban J connectivity index is 0.000000199. The summed E-state index contributed by atoms with van der Waals surface area (Å²) in [6.07, 6.45) is 5.06. The number of hydrogen-bond donors (Lipinski definition) is 1. The number of aromatic nitrogens is 2. The topological polar surface area (TPSA) is 93.9 Å². The van der Waals surface area contributed by atoms with Crippen molar-refractivity contribution in [2.75, 3.05) is 0 Å². The minimum Gasteiger partial charge on any atom is -0.444 e. The van der Waals surface area contributed by atoms with Gasteiger partial charge in [0.15, 0.2) is 0 Å². The molecular formula is C32H28ClF2N3O4. The molecule has 1 aliphatic rings. The van der Waals surface area contributed by atoms with E-state index in [0.29, 0.717) is 46.1 Å². The SMILES string of the molecule is CC(CC1CC1c1ccc(Cl)cc1)=NO.Fc1ccc(-c2nc(COCc3coc(-c4ccc(F)cc4)n3)co2)cc1. The fourth-order valence-electron chi connectivity index (χ4n) is 4.47. The van der Waals surface area contributed by atoms with Crippen molar-refractivity contribution in [3.05, 3.63) is 119 Å². The van der Waals surface area contributed by atoms with Gasteiger partial charge in [0.05, 0.1) is 18.9 Å². The van der Waals surface area contributed by atoms with Gasteiger partial charge in [0.1, 0.15) is 35.5 Å². The maximum atomic E-state index is 13.0. The quantitative estimate of drug-likeness (QED) is 0.105. The average Bonchev–Trinajstić information content (AvgIpc) is 3.35. The average molecular weight is 592 g/mol. The molecule has 0 spiro atoms. The summed E-state index contributed by atoms with van der Waals surface area (Å²) in [5.41, 5.74) is 4.74. The summed E-state index contributed by atoms with van der Waals surface area (Å²) in [6, 6.07) is 19.8. The maximum Gasteiger partial charge on any atom is 0.226 e. The van der Waals surface area contributed by atoms with E-state index >= 15 is 0 Å². The number of ether oxygens (including phenoxy) is 1. The lowest BCUT2D eigenvalue weighted by atomic mass is 10.1. The first-order chi connectivity index (χ1) is 20.4. The predicted octanol–water partition coefficient (Wildman–Crippen LogP) is 8.68. The van der Waals surface area contributed by atoms with E-state index in [2.05, 4.69) is 27.3 Å². The van der Waals surface area contributed by atoms with Gasteiger partial charge in [-0.3, -0.25) is 0 Å². The van der Waals surface area contributed by atoms with Crippen LogP contribution in [0.1, 0.15) is 42.6 Å². The molecule has 0 radical (unpaired) electrons. The molecule has 7 nitrogen and oxygen atoms in total. The van der Waals surface area contributed by atoms with Crippen LogP contribution in [0.15, 0.2) is 99.3 Å². The first-order valence-electron chi connectivity index (χ1n) is 13.3. The smallest absolute Gasteiger partial charge is 0.226 e. The largest absolute Gasteiger partial charge is 0.444 e. The molecule has 0 aliphatic heterocycles. The van der Waals surface area contributed by atoms with Gasteiger partial charge in [-0.05, 0) is 97.8 Å². The molecule has 42 heavy (non-hydrogen) atoms. The van der Waals surface area contributed by atoms with Crippen LogP contribution in [0.4, 0.5) is 8.78 Å². The lowest BCUT2D eigenvalue weighted by Crippen LogP contribution is -1.95.